The molecule has 0 N–H and O–H groups in total. The van der Waals surface area contributed by atoms with Gasteiger partial charge in [0.15, 0.2) is 0 Å². The van der Waals surface area contributed by atoms with Crippen molar-refractivity contribution in [2.45, 2.75) is 13.8 Å². The molecule has 0 aromatic rings. The second kappa shape index (κ2) is 2.30. The Labute approximate surface area is 56.5 Å². The molecule has 1 nitrogen and oxygen atoms in total. The summed E-state index contributed by atoms with van der Waals surface area (Å²) in [5.41, 5.74) is 1.32. The van der Waals surface area contributed by atoms with Gasteiger partial charge in [0, 0.05) is 12.3 Å². The maximum Gasteiger partial charge on any atom is 0.0949 e. The van der Waals surface area contributed by atoms with Gasteiger partial charge in [-0.05, 0) is 13.1 Å². The van der Waals surface area contributed by atoms with Crippen LogP contribution in [0.3, 0.4) is 0 Å². The normalized spacial score (nSPS) is 34.7. The molecule has 1 aliphatic rings. The highest BCUT2D eigenvalue weighted by atomic mass is 31.2. The van der Waals surface area contributed by atoms with Gasteiger partial charge >= 0.3 is 0 Å². The smallest absolute Gasteiger partial charge is 0.0949 e. The van der Waals surface area contributed by atoms with Gasteiger partial charge in [0.1, 0.15) is 0 Å². The molecular weight excluding hydrogens is 131 g/mol. The molecule has 1 atom stereocenters. The second-order valence-corrected chi connectivity index (χ2v) is 6.20. The molecule has 0 radical (unpaired) electrons. The molecule has 0 saturated heterocycles. The van der Waals surface area contributed by atoms with Gasteiger partial charge in [0.2, 0.25) is 0 Å². The zero-order chi connectivity index (χ0) is 6.91. The van der Waals surface area contributed by atoms with Crippen molar-refractivity contribution in [1.29, 1.82) is 0 Å². The van der Waals surface area contributed by atoms with Crippen LogP contribution in [-0.2, 0) is 4.57 Å². The molecule has 0 unspecified atom stereocenters. The summed E-state index contributed by atoms with van der Waals surface area (Å²) in [5.74, 6) is 0. The minimum atomic E-state index is -1.70. The van der Waals surface area contributed by atoms with Crippen LogP contribution in [0.1, 0.15) is 13.8 Å². The van der Waals surface area contributed by atoms with Crippen molar-refractivity contribution < 1.29 is 4.57 Å². The molecule has 0 amide bonds. The number of allylic oxidation sites excluding steroid dienone is 2. The minimum absolute atomic E-state index is 0.856. The predicted octanol–water partition coefficient (Wildman–Crippen LogP) is 2.33. The quantitative estimate of drug-likeness (QED) is 0.407. The van der Waals surface area contributed by atoms with Crippen molar-refractivity contribution in [2.75, 3.05) is 18.5 Å². The first kappa shape index (κ1) is 7.08. The lowest BCUT2D eigenvalue weighted by Crippen LogP contribution is -1.87. The molecule has 0 bridgehead atoms. The summed E-state index contributed by atoms with van der Waals surface area (Å²) < 4.78 is 11.5. The van der Waals surface area contributed by atoms with Crippen LogP contribution in [0.15, 0.2) is 11.6 Å². The first-order valence-corrected chi connectivity index (χ1v) is 5.65. The summed E-state index contributed by atoms with van der Waals surface area (Å²) in [5, 5.41) is 0. The van der Waals surface area contributed by atoms with Crippen LogP contribution >= 0.6 is 7.14 Å². The predicted molar refractivity (Wildman–Crippen MR) is 41.6 cm³/mol. The Morgan fingerprint density at radius 1 is 1.78 bits per heavy atom. The van der Waals surface area contributed by atoms with Gasteiger partial charge in [-0.2, -0.15) is 0 Å². The molecule has 1 rings (SSSR count). The van der Waals surface area contributed by atoms with Gasteiger partial charge < -0.3 is 4.57 Å². The van der Waals surface area contributed by atoms with Crippen molar-refractivity contribution in [3.05, 3.63) is 11.6 Å². The topological polar surface area (TPSA) is 17.1 Å². The van der Waals surface area contributed by atoms with E-state index in [0.29, 0.717) is 0 Å². The lowest BCUT2D eigenvalue weighted by atomic mass is 10.3. The number of rotatable bonds is 1. The maximum atomic E-state index is 11.5. The first-order valence-electron chi connectivity index (χ1n) is 3.39. The summed E-state index contributed by atoms with van der Waals surface area (Å²) in [4.78, 5) is 0. The summed E-state index contributed by atoms with van der Waals surface area (Å²) in [6, 6.07) is 0. The van der Waals surface area contributed by atoms with E-state index < -0.39 is 7.14 Å². The highest BCUT2D eigenvalue weighted by molar-refractivity contribution is 7.64. The third-order valence-electron chi connectivity index (χ3n) is 1.89. The minimum Gasteiger partial charge on any atom is -0.323 e. The zero-order valence-electron chi connectivity index (χ0n) is 6.05. The average molecular weight is 144 g/mol. The Kier molecular flexibility index (Phi) is 1.81. The molecular formula is C7H13OP. The molecule has 0 aromatic carbocycles. The van der Waals surface area contributed by atoms with Gasteiger partial charge in [0.05, 0.1) is 7.14 Å². The van der Waals surface area contributed by atoms with Crippen molar-refractivity contribution in [3.8, 4) is 0 Å². The van der Waals surface area contributed by atoms with Crippen LogP contribution in [0.4, 0.5) is 0 Å². The Hall–Kier alpha value is -0.0300. The first-order chi connectivity index (χ1) is 4.16. The van der Waals surface area contributed by atoms with E-state index in [4.69, 9.17) is 0 Å². The monoisotopic (exact) mass is 144 g/mol. The molecule has 0 spiro atoms. The summed E-state index contributed by atoms with van der Waals surface area (Å²) in [7, 11) is -1.70. The summed E-state index contributed by atoms with van der Waals surface area (Å²) in [6.45, 7) is 4.09. The van der Waals surface area contributed by atoms with E-state index in [0.717, 1.165) is 18.5 Å². The largest absolute Gasteiger partial charge is 0.323 e. The SMILES string of the molecule is CC[P@]1(=O)CC=C(C)C1. The van der Waals surface area contributed by atoms with E-state index >= 15 is 0 Å². The number of hydrogen-bond donors (Lipinski definition) is 0. The van der Waals surface area contributed by atoms with Crippen molar-refractivity contribution >= 4 is 7.14 Å². The highest BCUT2D eigenvalue weighted by Gasteiger charge is 2.23. The van der Waals surface area contributed by atoms with E-state index in [-0.39, 0.29) is 0 Å². The van der Waals surface area contributed by atoms with E-state index in [2.05, 4.69) is 13.0 Å². The van der Waals surface area contributed by atoms with Crippen LogP contribution in [0.5, 0.6) is 0 Å². The van der Waals surface area contributed by atoms with Gasteiger partial charge in [0.25, 0.3) is 0 Å². The lowest BCUT2D eigenvalue weighted by molar-refractivity contribution is 0.580. The van der Waals surface area contributed by atoms with E-state index in [1.807, 2.05) is 6.92 Å². The van der Waals surface area contributed by atoms with Crippen LogP contribution in [0.25, 0.3) is 0 Å². The van der Waals surface area contributed by atoms with Crippen molar-refractivity contribution in [2.24, 2.45) is 0 Å². The Balaban J connectivity index is 2.64. The van der Waals surface area contributed by atoms with Gasteiger partial charge in [-0.3, -0.25) is 0 Å². The molecule has 1 aliphatic heterocycles. The average Bonchev–Trinajstić information content (AvgIpc) is 2.13. The van der Waals surface area contributed by atoms with Crippen molar-refractivity contribution in [3.63, 3.8) is 0 Å². The molecule has 52 valence electrons. The van der Waals surface area contributed by atoms with E-state index in [1.54, 1.807) is 0 Å². The number of hydrogen-bond acceptors (Lipinski definition) is 1. The molecule has 0 aromatic heterocycles. The molecule has 1 heterocycles. The van der Waals surface area contributed by atoms with Crippen molar-refractivity contribution in [1.82, 2.24) is 0 Å². The van der Waals surface area contributed by atoms with Crippen LogP contribution in [0.2, 0.25) is 0 Å². The Morgan fingerprint density at radius 2 is 2.44 bits per heavy atom. The Morgan fingerprint density at radius 3 is 2.67 bits per heavy atom. The fourth-order valence-electron chi connectivity index (χ4n) is 1.15. The summed E-state index contributed by atoms with van der Waals surface area (Å²) in [6.07, 6.45) is 4.73. The van der Waals surface area contributed by atoms with Crippen LogP contribution in [0, 0.1) is 0 Å². The maximum absolute atomic E-state index is 11.5. The molecule has 9 heavy (non-hydrogen) atoms. The van der Waals surface area contributed by atoms with E-state index in [1.165, 1.54) is 5.57 Å². The third-order valence-corrected chi connectivity index (χ3v) is 4.96. The zero-order valence-corrected chi connectivity index (χ0v) is 6.95. The van der Waals surface area contributed by atoms with Crippen LogP contribution in [-0.4, -0.2) is 18.5 Å². The molecule has 0 fully saturated rings. The Bertz CT molecular complexity index is 181. The second-order valence-electron chi connectivity index (χ2n) is 2.77. The lowest BCUT2D eigenvalue weighted by Gasteiger charge is -2.05. The van der Waals surface area contributed by atoms with Gasteiger partial charge in [-0.25, -0.2) is 0 Å². The molecule has 2 heteroatoms. The third kappa shape index (κ3) is 1.46. The fraction of sp³-hybridized carbons (Fsp3) is 0.714. The fourth-order valence-corrected chi connectivity index (χ4v) is 3.44. The van der Waals surface area contributed by atoms with Crippen LogP contribution < -0.4 is 0 Å². The van der Waals surface area contributed by atoms with Gasteiger partial charge in [-0.1, -0.05) is 18.6 Å². The summed E-state index contributed by atoms with van der Waals surface area (Å²) >= 11 is 0. The standard InChI is InChI=1S/C7H13OP/c1-3-9(8)5-4-7(2)6-9/h4H,3,5-6H2,1-2H3/t9-/m0/s1. The highest BCUT2D eigenvalue weighted by Crippen LogP contribution is 2.50. The van der Waals surface area contributed by atoms with Gasteiger partial charge in [-0.15, -0.1) is 0 Å². The molecule has 0 aliphatic carbocycles. The van der Waals surface area contributed by atoms with E-state index in [9.17, 15) is 4.57 Å². The molecule has 0 saturated carbocycles.